The van der Waals surface area contributed by atoms with Crippen molar-refractivity contribution >= 4 is 27.0 Å². The van der Waals surface area contributed by atoms with Crippen molar-refractivity contribution in [3.05, 3.63) is 70.5 Å². The molecule has 20 heavy (non-hydrogen) atoms. The first-order chi connectivity index (χ1) is 9.72. The van der Waals surface area contributed by atoms with E-state index in [9.17, 15) is 5.11 Å². The Bertz CT molecular complexity index is 728. The molecule has 1 unspecified atom stereocenters. The lowest BCUT2D eigenvalue weighted by Gasteiger charge is -2.10. The number of rotatable bonds is 3. The molecule has 0 radical (unpaired) electrons. The van der Waals surface area contributed by atoms with Gasteiger partial charge in [-0.15, -0.1) is 0 Å². The smallest absolute Gasteiger partial charge is 0.102 e. The molecule has 0 bridgehead atoms. The standard InChI is InChI=1S/C16H13BrN2O/c17-12-7-5-11(6-8-12)9-16(20)15-10-18-13-3-1-2-4-14(13)19-15/h1-8,10,16,20H,9H2. The van der Waals surface area contributed by atoms with Gasteiger partial charge in [-0.25, -0.2) is 4.98 Å². The largest absolute Gasteiger partial charge is 0.386 e. The Morgan fingerprint density at radius 1 is 1.00 bits per heavy atom. The number of hydrogen-bond acceptors (Lipinski definition) is 3. The summed E-state index contributed by atoms with van der Waals surface area (Å²) < 4.78 is 1.03. The van der Waals surface area contributed by atoms with Crippen molar-refractivity contribution in [2.24, 2.45) is 0 Å². The molecule has 3 nitrogen and oxygen atoms in total. The predicted molar refractivity (Wildman–Crippen MR) is 82.3 cm³/mol. The Labute approximate surface area is 125 Å². The zero-order chi connectivity index (χ0) is 13.9. The average molecular weight is 329 g/mol. The highest BCUT2D eigenvalue weighted by Gasteiger charge is 2.11. The third kappa shape index (κ3) is 2.86. The van der Waals surface area contributed by atoms with Crippen LogP contribution >= 0.6 is 15.9 Å². The molecule has 0 spiro atoms. The number of aliphatic hydroxyl groups is 1. The van der Waals surface area contributed by atoms with E-state index in [2.05, 4.69) is 25.9 Å². The van der Waals surface area contributed by atoms with Gasteiger partial charge in [0, 0.05) is 10.9 Å². The van der Waals surface area contributed by atoms with Crippen LogP contribution in [0.5, 0.6) is 0 Å². The molecule has 0 aliphatic rings. The number of fused-ring (bicyclic) bond motifs is 1. The second-order valence-corrected chi connectivity index (χ2v) is 5.55. The molecule has 1 aromatic heterocycles. The number of hydrogen-bond donors (Lipinski definition) is 1. The summed E-state index contributed by atoms with van der Waals surface area (Å²) in [6.45, 7) is 0. The van der Waals surface area contributed by atoms with Crippen molar-refractivity contribution in [2.45, 2.75) is 12.5 Å². The Hall–Kier alpha value is -1.78. The number of halogens is 1. The number of aromatic nitrogens is 2. The number of nitrogens with zero attached hydrogens (tertiary/aromatic N) is 2. The van der Waals surface area contributed by atoms with Crippen molar-refractivity contribution in [1.29, 1.82) is 0 Å². The van der Waals surface area contributed by atoms with Crippen molar-refractivity contribution in [3.63, 3.8) is 0 Å². The molecule has 0 aliphatic carbocycles. The van der Waals surface area contributed by atoms with Gasteiger partial charge in [-0.05, 0) is 29.8 Å². The van der Waals surface area contributed by atoms with Gasteiger partial charge in [-0.1, -0.05) is 40.2 Å². The van der Waals surface area contributed by atoms with Gasteiger partial charge >= 0.3 is 0 Å². The minimum atomic E-state index is -0.645. The topological polar surface area (TPSA) is 46.0 Å². The van der Waals surface area contributed by atoms with Crippen LogP contribution in [-0.2, 0) is 6.42 Å². The average Bonchev–Trinajstić information content (AvgIpc) is 2.49. The van der Waals surface area contributed by atoms with Crippen molar-refractivity contribution < 1.29 is 5.11 Å². The summed E-state index contributed by atoms with van der Waals surface area (Å²) >= 11 is 3.40. The quantitative estimate of drug-likeness (QED) is 0.797. The maximum atomic E-state index is 10.3. The van der Waals surface area contributed by atoms with E-state index in [1.807, 2.05) is 48.5 Å². The maximum Gasteiger partial charge on any atom is 0.102 e. The summed E-state index contributed by atoms with van der Waals surface area (Å²) in [5.41, 5.74) is 3.31. The fourth-order valence-electron chi connectivity index (χ4n) is 2.08. The van der Waals surface area contributed by atoms with Crippen molar-refractivity contribution in [1.82, 2.24) is 9.97 Å². The van der Waals surface area contributed by atoms with E-state index in [0.717, 1.165) is 21.1 Å². The van der Waals surface area contributed by atoms with Crippen LogP contribution in [0, 0.1) is 0 Å². The zero-order valence-corrected chi connectivity index (χ0v) is 12.3. The summed E-state index contributed by atoms with van der Waals surface area (Å²) in [5.74, 6) is 0. The van der Waals surface area contributed by atoms with Crippen molar-refractivity contribution in [2.75, 3.05) is 0 Å². The fraction of sp³-hybridized carbons (Fsp3) is 0.125. The summed E-state index contributed by atoms with van der Waals surface area (Å²) in [7, 11) is 0. The van der Waals surface area contributed by atoms with E-state index < -0.39 is 6.10 Å². The highest BCUT2D eigenvalue weighted by atomic mass is 79.9. The third-order valence-corrected chi connectivity index (χ3v) is 3.68. The summed E-state index contributed by atoms with van der Waals surface area (Å²) in [6, 6.07) is 15.6. The first kappa shape index (κ1) is 13.2. The van der Waals surface area contributed by atoms with Gasteiger partial charge in [-0.2, -0.15) is 0 Å². The summed E-state index contributed by atoms with van der Waals surface area (Å²) in [4.78, 5) is 8.80. The molecular formula is C16H13BrN2O. The molecule has 3 rings (SSSR count). The molecule has 0 saturated carbocycles. The lowest BCUT2D eigenvalue weighted by atomic mass is 10.1. The van der Waals surface area contributed by atoms with Crippen LogP contribution in [0.2, 0.25) is 0 Å². The van der Waals surface area contributed by atoms with Gasteiger partial charge in [0.2, 0.25) is 0 Å². The van der Waals surface area contributed by atoms with Crippen LogP contribution in [0.1, 0.15) is 17.4 Å². The molecule has 0 amide bonds. The summed E-state index contributed by atoms with van der Waals surface area (Å²) in [5, 5.41) is 10.3. The molecule has 0 fully saturated rings. The van der Waals surface area contributed by atoms with Crippen LogP contribution in [0.25, 0.3) is 11.0 Å². The Balaban J connectivity index is 1.84. The van der Waals surface area contributed by atoms with Crippen LogP contribution in [0.3, 0.4) is 0 Å². The number of benzene rings is 2. The molecular weight excluding hydrogens is 316 g/mol. The van der Waals surface area contributed by atoms with E-state index in [4.69, 9.17) is 0 Å². The molecule has 3 aromatic rings. The first-order valence-electron chi connectivity index (χ1n) is 6.36. The Morgan fingerprint density at radius 3 is 2.45 bits per heavy atom. The van der Waals surface area contributed by atoms with Crippen LogP contribution in [-0.4, -0.2) is 15.1 Å². The summed E-state index contributed by atoms with van der Waals surface area (Å²) in [6.07, 6.45) is 1.53. The first-order valence-corrected chi connectivity index (χ1v) is 7.16. The minimum absolute atomic E-state index is 0.528. The fourth-order valence-corrected chi connectivity index (χ4v) is 2.34. The van der Waals surface area contributed by atoms with E-state index in [1.54, 1.807) is 6.20 Å². The Kier molecular flexibility index (Phi) is 3.76. The molecule has 4 heteroatoms. The number of para-hydroxylation sites is 2. The second-order valence-electron chi connectivity index (χ2n) is 4.63. The highest BCUT2D eigenvalue weighted by Crippen LogP contribution is 2.19. The van der Waals surface area contributed by atoms with E-state index in [0.29, 0.717) is 12.1 Å². The normalized spacial score (nSPS) is 12.5. The maximum absolute atomic E-state index is 10.3. The molecule has 0 saturated heterocycles. The molecule has 1 N–H and O–H groups in total. The van der Waals surface area contributed by atoms with E-state index in [-0.39, 0.29) is 0 Å². The van der Waals surface area contributed by atoms with E-state index >= 15 is 0 Å². The SMILES string of the molecule is OC(Cc1ccc(Br)cc1)c1cnc2ccccc2n1. The molecule has 100 valence electrons. The Morgan fingerprint density at radius 2 is 1.70 bits per heavy atom. The molecule has 1 heterocycles. The molecule has 0 aliphatic heterocycles. The molecule has 2 aromatic carbocycles. The third-order valence-electron chi connectivity index (χ3n) is 3.15. The van der Waals surface area contributed by atoms with Crippen LogP contribution in [0.15, 0.2) is 59.2 Å². The van der Waals surface area contributed by atoms with Crippen LogP contribution in [0.4, 0.5) is 0 Å². The highest BCUT2D eigenvalue weighted by molar-refractivity contribution is 9.10. The molecule has 1 atom stereocenters. The van der Waals surface area contributed by atoms with Gasteiger partial charge in [-0.3, -0.25) is 4.98 Å². The predicted octanol–water partition coefficient (Wildman–Crippen LogP) is 3.67. The lowest BCUT2D eigenvalue weighted by Crippen LogP contribution is -2.05. The van der Waals surface area contributed by atoms with Gasteiger partial charge < -0.3 is 5.11 Å². The zero-order valence-electron chi connectivity index (χ0n) is 10.7. The minimum Gasteiger partial charge on any atom is -0.386 e. The van der Waals surface area contributed by atoms with Gasteiger partial charge in [0.25, 0.3) is 0 Å². The lowest BCUT2D eigenvalue weighted by molar-refractivity contribution is 0.173. The monoisotopic (exact) mass is 328 g/mol. The van der Waals surface area contributed by atoms with Crippen LogP contribution < -0.4 is 0 Å². The van der Waals surface area contributed by atoms with Gasteiger partial charge in [0.1, 0.15) is 6.10 Å². The second kappa shape index (κ2) is 5.69. The van der Waals surface area contributed by atoms with Crippen molar-refractivity contribution in [3.8, 4) is 0 Å². The van der Waals surface area contributed by atoms with Gasteiger partial charge in [0.15, 0.2) is 0 Å². The number of aliphatic hydroxyl groups excluding tert-OH is 1. The van der Waals surface area contributed by atoms with E-state index in [1.165, 1.54) is 0 Å². The van der Waals surface area contributed by atoms with Gasteiger partial charge in [0.05, 0.1) is 22.9 Å².